The van der Waals surface area contributed by atoms with Gasteiger partial charge in [-0.1, -0.05) is 11.6 Å². The Morgan fingerprint density at radius 1 is 1.41 bits per heavy atom. The van der Waals surface area contributed by atoms with Gasteiger partial charge in [0.1, 0.15) is 10.2 Å². The fraction of sp³-hybridized carbons (Fsp3) is 0. The van der Waals surface area contributed by atoms with Gasteiger partial charge in [-0.15, -0.1) is 11.3 Å². The fourth-order valence-corrected chi connectivity index (χ4v) is 2.99. The van der Waals surface area contributed by atoms with Gasteiger partial charge in [-0.3, -0.25) is 4.79 Å². The molecular formula is C11H6BrClFNOS. The number of halogens is 3. The molecule has 0 unspecified atom stereocenters. The zero-order valence-corrected chi connectivity index (χ0v) is 11.5. The van der Waals surface area contributed by atoms with Crippen LogP contribution in [-0.4, -0.2) is 5.78 Å². The fourth-order valence-electron chi connectivity index (χ4n) is 1.33. The Kier molecular flexibility index (Phi) is 3.51. The summed E-state index contributed by atoms with van der Waals surface area (Å²) in [5, 5.41) is 0. The number of rotatable bonds is 2. The number of anilines is 1. The third-order valence-corrected chi connectivity index (χ3v) is 4.60. The van der Waals surface area contributed by atoms with E-state index in [2.05, 4.69) is 15.9 Å². The van der Waals surface area contributed by atoms with Crippen molar-refractivity contribution >= 4 is 50.3 Å². The summed E-state index contributed by atoms with van der Waals surface area (Å²) >= 11 is 10.2. The minimum atomic E-state index is -0.468. The number of thiophene rings is 1. The van der Waals surface area contributed by atoms with Crippen molar-refractivity contribution in [1.82, 2.24) is 0 Å². The highest BCUT2D eigenvalue weighted by Crippen LogP contribution is 2.33. The predicted octanol–water partition coefficient (Wildman–Crippen LogP) is 4.12. The van der Waals surface area contributed by atoms with Gasteiger partial charge in [-0.2, -0.15) is 0 Å². The number of carbonyl (C=O) groups is 1. The zero-order chi connectivity index (χ0) is 12.6. The summed E-state index contributed by atoms with van der Waals surface area (Å²) < 4.78 is 14.0. The lowest BCUT2D eigenvalue weighted by Crippen LogP contribution is -2.03. The molecule has 0 saturated carbocycles. The first-order chi connectivity index (χ1) is 7.99. The molecule has 1 aromatic carbocycles. The summed E-state index contributed by atoms with van der Waals surface area (Å²) in [7, 11) is 0. The maximum atomic E-state index is 12.9. The van der Waals surface area contributed by atoms with Crippen LogP contribution in [0.1, 0.15) is 15.2 Å². The molecule has 2 N–H and O–H groups in total. The first-order valence-electron chi connectivity index (χ1n) is 4.53. The van der Waals surface area contributed by atoms with Gasteiger partial charge in [-0.25, -0.2) is 4.39 Å². The Balaban J connectivity index is 2.43. The van der Waals surface area contributed by atoms with E-state index in [9.17, 15) is 9.18 Å². The van der Waals surface area contributed by atoms with Crippen molar-refractivity contribution in [3.63, 3.8) is 0 Å². The minimum absolute atomic E-state index is 0.121. The molecule has 0 amide bonds. The number of nitrogens with two attached hydrogens (primary N) is 1. The highest BCUT2D eigenvalue weighted by Gasteiger charge is 2.16. The second-order valence-corrected chi connectivity index (χ2v) is 5.80. The second kappa shape index (κ2) is 4.76. The van der Waals surface area contributed by atoms with Crippen LogP contribution in [0, 0.1) is 5.82 Å². The van der Waals surface area contributed by atoms with Crippen molar-refractivity contribution in [3.8, 4) is 0 Å². The highest BCUT2D eigenvalue weighted by atomic mass is 79.9. The predicted molar refractivity (Wildman–Crippen MR) is 71.3 cm³/mol. The van der Waals surface area contributed by atoms with Crippen molar-refractivity contribution in [3.05, 3.63) is 49.3 Å². The smallest absolute Gasteiger partial charge is 0.205 e. The molecule has 6 heteroatoms. The zero-order valence-electron chi connectivity index (χ0n) is 8.34. The Morgan fingerprint density at radius 3 is 2.65 bits per heavy atom. The normalized spacial score (nSPS) is 10.5. The molecule has 88 valence electrons. The number of benzene rings is 1. The van der Waals surface area contributed by atoms with Gasteiger partial charge in [0.2, 0.25) is 5.78 Å². The van der Waals surface area contributed by atoms with Crippen LogP contribution in [0.5, 0.6) is 0 Å². The van der Waals surface area contributed by atoms with Crippen molar-refractivity contribution in [2.75, 3.05) is 5.73 Å². The summed E-state index contributed by atoms with van der Waals surface area (Å²) in [6.45, 7) is 0. The summed E-state index contributed by atoms with van der Waals surface area (Å²) in [6.07, 6.45) is 0. The molecule has 0 bridgehead atoms. The monoisotopic (exact) mass is 333 g/mol. The molecule has 0 aliphatic carbocycles. The van der Waals surface area contributed by atoms with E-state index < -0.39 is 5.82 Å². The average Bonchev–Trinajstić information content (AvgIpc) is 2.58. The summed E-state index contributed by atoms with van der Waals surface area (Å²) in [5.41, 5.74) is 6.00. The van der Waals surface area contributed by atoms with Crippen molar-refractivity contribution in [2.24, 2.45) is 0 Å². The lowest BCUT2D eigenvalue weighted by Gasteiger charge is -2.02. The molecule has 0 aliphatic heterocycles. The van der Waals surface area contributed by atoms with E-state index in [0.29, 0.717) is 13.7 Å². The van der Waals surface area contributed by atoms with E-state index in [4.69, 9.17) is 17.3 Å². The molecule has 2 nitrogen and oxygen atoms in total. The van der Waals surface area contributed by atoms with Crippen LogP contribution >= 0.6 is 38.9 Å². The molecule has 0 fully saturated rings. The van der Waals surface area contributed by atoms with Crippen LogP contribution in [-0.2, 0) is 0 Å². The first-order valence-corrected chi connectivity index (χ1v) is 6.52. The topological polar surface area (TPSA) is 43.1 Å². The maximum Gasteiger partial charge on any atom is 0.205 e. The third-order valence-electron chi connectivity index (χ3n) is 2.13. The van der Waals surface area contributed by atoms with Gasteiger partial charge in [0.05, 0.1) is 4.88 Å². The molecule has 1 aromatic heterocycles. The van der Waals surface area contributed by atoms with Gasteiger partial charge in [-0.05, 0) is 40.2 Å². The van der Waals surface area contributed by atoms with E-state index in [1.165, 1.54) is 12.1 Å². The van der Waals surface area contributed by atoms with Crippen LogP contribution in [0.2, 0.25) is 4.34 Å². The quantitative estimate of drug-likeness (QED) is 0.663. The van der Waals surface area contributed by atoms with Crippen LogP contribution in [0.3, 0.4) is 0 Å². The third kappa shape index (κ3) is 2.51. The summed E-state index contributed by atoms with van der Waals surface area (Å²) in [4.78, 5) is 12.5. The molecule has 0 aliphatic rings. The van der Waals surface area contributed by atoms with Gasteiger partial charge in [0.25, 0.3) is 0 Å². The van der Waals surface area contributed by atoms with Gasteiger partial charge >= 0.3 is 0 Å². The highest BCUT2D eigenvalue weighted by molar-refractivity contribution is 9.10. The molecule has 1 heterocycles. The molecule has 0 atom stereocenters. The Hall–Kier alpha value is -0.910. The van der Waals surface area contributed by atoms with E-state index in [1.54, 1.807) is 6.07 Å². The molecule has 0 spiro atoms. The molecular weight excluding hydrogens is 329 g/mol. The Labute approximate surface area is 114 Å². The number of ketones is 1. The van der Waals surface area contributed by atoms with Crippen molar-refractivity contribution in [1.29, 1.82) is 0 Å². The van der Waals surface area contributed by atoms with Gasteiger partial charge in [0, 0.05) is 15.7 Å². The van der Waals surface area contributed by atoms with Gasteiger partial charge in [0.15, 0.2) is 0 Å². The van der Waals surface area contributed by atoms with Gasteiger partial charge < -0.3 is 5.73 Å². The number of hydrogen-bond acceptors (Lipinski definition) is 3. The van der Waals surface area contributed by atoms with Crippen LogP contribution in [0.25, 0.3) is 0 Å². The van der Waals surface area contributed by atoms with Crippen LogP contribution in [0.4, 0.5) is 10.1 Å². The minimum Gasteiger partial charge on any atom is -0.398 e. The number of carbonyl (C=O) groups excluding carboxylic acids is 1. The van der Waals surface area contributed by atoms with E-state index in [0.717, 1.165) is 17.4 Å². The second-order valence-electron chi connectivity index (χ2n) is 3.29. The summed E-state index contributed by atoms with van der Waals surface area (Å²) in [6, 6.07) is 5.32. The molecule has 2 aromatic rings. The van der Waals surface area contributed by atoms with Crippen molar-refractivity contribution in [2.45, 2.75) is 0 Å². The SMILES string of the molecule is Nc1cc(F)ccc1C(=O)c1cc(Br)c(Cl)s1. The molecule has 17 heavy (non-hydrogen) atoms. The lowest BCUT2D eigenvalue weighted by atomic mass is 10.1. The van der Waals surface area contributed by atoms with Crippen LogP contribution in [0.15, 0.2) is 28.7 Å². The Morgan fingerprint density at radius 2 is 2.12 bits per heavy atom. The van der Waals surface area contributed by atoms with E-state index in [1.807, 2.05) is 0 Å². The first kappa shape index (κ1) is 12.5. The average molecular weight is 335 g/mol. The number of hydrogen-bond donors (Lipinski definition) is 1. The van der Waals surface area contributed by atoms with E-state index in [-0.39, 0.29) is 17.0 Å². The summed E-state index contributed by atoms with van der Waals surface area (Å²) in [5.74, 6) is -0.732. The largest absolute Gasteiger partial charge is 0.398 e. The van der Waals surface area contributed by atoms with E-state index >= 15 is 0 Å². The lowest BCUT2D eigenvalue weighted by molar-refractivity contribution is 0.104. The maximum absolute atomic E-state index is 12.9. The standard InChI is InChI=1S/C11H6BrClFNOS/c12-7-4-9(17-11(7)13)10(16)6-2-1-5(14)3-8(6)15/h1-4H,15H2. The van der Waals surface area contributed by atoms with Crippen molar-refractivity contribution < 1.29 is 9.18 Å². The molecule has 0 radical (unpaired) electrons. The number of nitrogen functional groups attached to an aromatic ring is 1. The van der Waals surface area contributed by atoms with Crippen LogP contribution < -0.4 is 5.73 Å². The Bertz CT molecular complexity index is 580. The molecule has 0 saturated heterocycles. The molecule has 2 rings (SSSR count).